The molecule has 2 aromatic rings. The Kier molecular flexibility index (Phi) is 2.60. The summed E-state index contributed by atoms with van der Waals surface area (Å²) < 4.78 is 2.73. The van der Waals surface area contributed by atoms with Crippen LogP contribution in [0.3, 0.4) is 0 Å². The van der Waals surface area contributed by atoms with Crippen molar-refractivity contribution < 1.29 is 0 Å². The number of halogens is 1. The molecule has 0 fully saturated rings. The lowest BCUT2D eigenvalue weighted by atomic mass is 10.3. The van der Waals surface area contributed by atoms with Gasteiger partial charge in [0.2, 0.25) is 5.82 Å². The Morgan fingerprint density at radius 3 is 2.93 bits per heavy atom. The molecule has 0 aliphatic rings. The molecular formula is C10H7IN4. The zero-order chi connectivity index (χ0) is 10.8. The number of aromatic nitrogens is 2. The van der Waals surface area contributed by atoms with Gasteiger partial charge in [0.15, 0.2) is 0 Å². The minimum absolute atomic E-state index is 0.373. The lowest BCUT2D eigenvalue weighted by molar-refractivity contribution is 1.01. The summed E-state index contributed by atoms with van der Waals surface area (Å²) in [4.78, 5) is 3.94. The van der Waals surface area contributed by atoms with Crippen LogP contribution in [0.1, 0.15) is 5.82 Å². The number of hydrogen-bond acceptors (Lipinski definition) is 3. The fourth-order valence-electron chi connectivity index (χ4n) is 1.30. The zero-order valence-corrected chi connectivity index (χ0v) is 9.84. The van der Waals surface area contributed by atoms with Gasteiger partial charge in [0, 0.05) is 21.7 Å². The van der Waals surface area contributed by atoms with Gasteiger partial charge in [-0.2, -0.15) is 5.26 Å². The van der Waals surface area contributed by atoms with Crippen molar-refractivity contribution in [2.24, 2.45) is 0 Å². The number of anilines is 1. The average Bonchev–Trinajstić information content (AvgIpc) is 2.65. The molecule has 0 unspecified atom stereocenters. The maximum Gasteiger partial charge on any atom is 0.217 e. The van der Waals surface area contributed by atoms with Crippen molar-refractivity contribution in [3.63, 3.8) is 0 Å². The highest BCUT2D eigenvalue weighted by Crippen LogP contribution is 2.20. The predicted octanol–water partition coefficient (Wildman–Crippen LogP) is 1.93. The van der Waals surface area contributed by atoms with Crippen molar-refractivity contribution in [1.82, 2.24) is 9.55 Å². The molecule has 0 radical (unpaired) electrons. The van der Waals surface area contributed by atoms with E-state index in [0.717, 1.165) is 9.26 Å². The lowest BCUT2D eigenvalue weighted by Crippen LogP contribution is -1.99. The number of benzene rings is 1. The third kappa shape index (κ3) is 1.80. The average molecular weight is 310 g/mol. The largest absolute Gasteiger partial charge is 0.399 e. The van der Waals surface area contributed by atoms with Crippen molar-refractivity contribution in [2.45, 2.75) is 0 Å². The van der Waals surface area contributed by atoms with Crippen LogP contribution in [0.15, 0.2) is 30.6 Å². The minimum atomic E-state index is 0.373. The van der Waals surface area contributed by atoms with E-state index in [1.54, 1.807) is 23.0 Å². The van der Waals surface area contributed by atoms with Gasteiger partial charge in [0.25, 0.3) is 0 Å². The summed E-state index contributed by atoms with van der Waals surface area (Å²) in [7, 11) is 0. The Labute approximate surface area is 100 Å². The molecule has 0 saturated heterocycles. The Morgan fingerprint density at radius 1 is 1.47 bits per heavy atom. The van der Waals surface area contributed by atoms with Crippen LogP contribution in [-0.4, -0.2) is 9.55 Å². The molecule has 0 saturated carbocycles. The first-order valence-corrected chi connectivity index (χ1v) is 5.29. The van der Waals surface area contributed by atoms with Crippen molar-refractivity contribution in [1.29, 1.82) is 5.26 Å². The number of nitrogens with zero attached hydrogens (tertiary/aromatic N) is 3. The van der Waals surface area contributed by atoms with E-state index in [1.165, 1.54) is 0 Å². The molecule has 2 rings (SSSR count). The van der Waals surface area contributed by atoms with Crippen LogP contribution in [0.5, 0.6) is 0 Å². The fraction of sp³-hybridized carbons (Fsp3) is 0. The standard InChI is InChI=1S/C10H7IN4/c11-8-5-7(13)1-2-9(8)15-4-3-14-10(15)6-12/h1-5H,13H2. The van der Waals surface area contributed by atoms with Gasteiger partial charge in [0.05, 0.1) is 5.69 Å². The van der Waals surface area contributed by atoms with Crippen molar-refractivity contribution in [2.75, 3.05) is 5.73 Å². The lowest BCUT2D eigenvalue weighted by Gasteiger charge is -2.06. The normalized spacial score (nSPS) is 9.87. The van der Waals surface area contributed by atoms with Crippen LogP contribution in [-0.2, 0) is 0 Å². The maximum atomic E-state index is 8.85. The molecule has 0 amide bonds. The van der Waals surface area contributed by atoms with Crippen molar-refractivity contribution >= 4 is 28.3 Å². The Bertz CT molecular complexity index is 539. The van der Waals surface area contributed by atoms with Crippen LogP contribution in [0.25, 0.3) is 5.69 Å². The van der Waals surface area contributed by atoms with E-state index in [0.29, 0.717) is 11.5 Å². The van der Waals surface area contributed by atoms with E-state index in [2.05, 4.69) is 27.6 Å². The van der Waals surface area contributed by atoms with Crippen LogP contribution >= 0.6 is 22.6 Å². The van der Waals surface area contributed by atoms with Gasteiger partial charge in [-0.3, -0.25) is 4.57 Å². The summed E-state index contributed by atoms with van der Waals surface area (Å²) in [6.45, 7) is 0. The van der Waals surface area contributed by atoms with Crippen LogP contribution in [0.2, 0.25) is 0 Å². The van der Waals surface area contributed by atoms with E-state index in [9.17, 15) is 0 Å². The van der Waals surface area contributed by atoms with E-state index in [4.69, 9.17) is 11.0 Å². The SMILES string of the molecule is N#Cc1nccn1-c1ccc(N)cc1I. The smallest absolute Gasteiger partial charge is 0.217 e. The van der Waals surface area contributed by atoms with Gasteiger partial charge in [-0.25, -0.2) is 4.98 Å². The topological polar surface area (TPSA) is 67.6 Å². The third-order valence-electron chi connectivity index (χ3n) is 1.97. The molecule has 74 valence electrons. The van der Waals surface area contributed by atoms with E-state index in [-0.39, 0.29) is 0 Å². The highest BCUT2D eigenvalue weighted by atomic mass is 127. The van der Waals surface area contributed by atoms with Gasteiger partial charge >= 0.3 is 0 Å². The predicted molar refractivity (Wildman–Crippen MR) is 65.4 cm³/mol. The van der Waals surface area contributed by atoms with Gasteiger partial charge in [-0.15, -0.1) is 0 Å². The molecule has 2 N–H and O–H groups in total. The van der Waals surface area contributed by atoms with E-state index >= 15 is 0 Å². The third-order valence-corrected chi connectivity index (χ3v) is 2.84. The fourth-order valence-corrected chi connectivity index (χ4v) is 2.10. The Balaban J connectivity index is 2.60. The first kappa shape index (κ1) is 9.98. The summed E-state index contributed by atoms with van der Waals surface area (Å²) in [6.07, 6.45) is 3.36. The van der Waals surface area contributed by atoms with Crippen LogP contribution in [0, 0.1) is 14.9 Å². The molecule has 4 nitrogen and oxygen atoms in total. The molecule has 15 heavy (non-hydrogen) atoms. The second kappa shape index (κ2) is 3.90. The first-order chi connectivity index (χ1) is 7.22. The monoisotopic (exact) mass is 310 g/mol. The van der Waals surface area contributed by atoms with Gasteiger partial charge in [-0.1, -0.05) is 0 Å². The minimum Gasteiger partial charge on any atom is -0.399 e. The van der Waals surface area contributed by atoms with Crippen molar-refractivity contribution in [3.05, 3.63) is 40.0 Å². The molecule has 0 aliphatic heterocycles. The van der Waals surface area contributed by atoms with E-state index < -0.39 is 0 Å². The molecule has 1 aromatic carbocycles. The number of imidazole rings is 1. The molecule has 5 heteroatoms. The number of nitriles is 1. The molecule has 0 spiro atoms. The number of hydrogen-bond donors (Lipinski definition) is 1. The van der Waals surface area contributed by atoms with Crippen LogP contribution < -0.4 is 5.73 Å². The first-order valence-electron chi connectivity index (χ1n) is 4.21. The quantitative estimate of drug-likeness (QED) is 0.646. The van der Waals surface area contributed by atoms with E-state index in [1.807, 2.05) is 18.2 Å². The summed E-state index contributed by atoms with van der Waals surface area (Å²) in [6, 6.07) is 7.57. The molecule has 0 atom stereocenters. The summed E-state index contributed by atoms with van der Waals surface area (Å²) >= 11 is 2.18. The zero-order valence-electron chi connectivity index (χ0n) is 7.68. The molecule has 1 aromatic heterocycles. The summed E-state index contributed by atoms with van der Waals surface area (Å²) in [5.74, 6) is 0.373. The summed E-state index contributed by atoms with van der Waals surface area (Å²) in [5, 5.41) is 8.85. The van der Waals surface area contributed by atoms with Crippen molar-refractivity contribution in [3.8, 4) is 11.8 Å². The Hall–Kier alpha value is -1.55. The van der Waals surface area contributed by atoms with Crippen LogP contribution in [0.4, 0.5) is 5.69 Å². The molecule has 0 aliphatic carbocycles. The maximum absolute atomic E-state index is 8.85. The highest BCUT2D eigenvalue weighted by Gasteiger charge is 2.07. The van der Waals surface area contributed by atoms with Gasteiger partial charge in [-0.05, 0) is 40.8 Å². The number of nitrogen functional groups attached to an aromatic ring is 1. The molecular weight excluding hydrogens is 303 g/mol. The Morgan fingerprint density at radius 2 is 2.27 bits per heavy atom. The van der Waals surface area contributed by atoms with Gasteiger partial charge in [0.1, 0.15) is 6.07 Å². The highest BCUT2D eigenvalue weighted by molar-refractivity contribution is 14.1. The second-order valence-corrected chi connectivity index (χ2v) is 4.11. The number of rotatable bonds is 1. The second-order valence-electron chi connectivity index (χ2n) is 2.94. The summed E-state index contributed by atoms with van der Waals surface area (Å²) in [5.41, 5.74) is 7.28. The molecule has 1 heterocycles. The van der Waals surface area contributed by atoms with Gasteiger partial charge < -0.3 is 5.73 Å². The number of nitrogens with two attached hydrogens (primary N) is 1. The molecule has 0 bridgehead atoms.